The Morgan fingerprint density at radius 3 is 2.46 bits per heavy atom. The molecular weight excluding hydrogens is 326 g/mol. The van der Waals surface area contributed by atoms with Crippen LogP contribution in [0, 0.1) is 34.5 Å². The van der Waals surface area contributed by atoms with E-state index in [9.17, 15) is 0 Å². The second-order valence-corrected chi connectivity index (χ2v) is 10.2. The Morgan fingerprint density at radius 1 is 0.923 bits per heavy atom. The average molecular weight is 360 g/mol. The summed E-state index contributed by atoms with van der Waals surface area (Å²) < 4.78 is 12.5. The van der Waals surface area contributed by atoms with Gasteiger partial charge in [0.05, 0.1) is 13.2 Å². The zero-order valence-electron chi connectivity index (χ0n) is 16.3. The molecule has 0 aromatic carbocycles. The van der Waals surface area contributed by atoms with Crippen LogP contribution >= 0.6 is 0 Å². The Balaban J connectivity index is 1.41. The van der Waals surface area contributed by atoms with Crippen LogP contribution in [0.4, 0.5) is 0 Å². The Kier molecular flexibility index (Phi) is 3.91. The minimum absolute atomic E-state index is 0.205. The van der Waals surface area contributed by atoms with Crippen LogP contribution in [-0.4, -0.2) is 25.0 Å². The molecule has 5 nitrogen and oxygen atoms in total. The quantitative estimate of drug-likeness (QED) is 0.355. The highest BCUT2D eigenvalue weighted by atomic mass is 16.7. The summed E-state index contributed by atoms with van der Waals surface area (Å²) in [5.41, 5.74) is 9.48. The predicted octanol–water partition coefficient (Wildman–Crippen LogP) is 5.45. The van der Waals surface area contributed by atoms with Crippen molar-refractivity contribution < 1.29 is 9.47 Å². The molecule has 26 heavy (non-hydrogen) atoms. The first-order chi connectivity index (χ1) is 12.5. The fraction of sp³-hybridized carbons (Fsp3) is 1.00. The summed E-state index contributed by atoms with van der Waals surface area (Å²) >= 11 is 0. The van der Waals surface area contributed by atoms with E-state index in [0.717, 1.165) is 56.1 Å². The van der Waals surface area contributed by atoms with E-state index in [0.29, 0.717) is 5.41 Å². The minimum Gasteiger partial charge on any atom is -0.347 e. The van der Waals surface area contributed by atoms with E-state index in [4.69, 9.17) is 15.0 Å². The molecule has 144 valence electrons. The summed E-state index contributed by atoms with van der Waals surface area (Å²) in [4.78, 5) is 3.09. The molecule has 1 heterocycles. The second kappa shape index (κ2) is 5.86. The zero-order valence-corrected chi connectivity index (χ0v) is 16.3. The van der Waals surface area contributed by atoms with Crippen molar-refractivity contribution in [3.05, 3.63) is 10.4 Å². The van der Waals surface area contributed by atoms with E-state index < -0.39 is 0 Å². The molecule has 1 aliphatic heterocycles. The molecule has 0 aromatic heterocycles. The fourth-order valence-electron chi connectivity index (χ4n) is 8.30. The van der Waals surface area contributed by atoms with Gasteiger partial charge in [0.2, 0.25) is 0 Å². The van der Waals surface area contributed by atoms with Gasteiger partial charge in [-0.2, -0.15) is 0 Å². The molecule has 5 rings (SSSR count). The summed E-state index contributed by atoms with van der Waals surface area (Å²) in [7, 11) is 0. The molecule has 1 spiro atoms. The average Bonchev–Trinajstić information content (AvgIpc) is 3.22. The normalized spacial score (nSPS) is 52.0. The summed E-state index contributed by atoms with van der Waals surface area (Å²) in [6.07, 6.45) is 11.0. The molecule has 0 radical (unpaired) electrons. The van der Waals surface area contributed by atoms with Crippen molar-refractivity contribution in [1.29, 1.82) is 0 Å². The lowest BCUT2D eigenvalue weighted by atomic mass is 9.45. The molecule has 5 heteroatoms. The van der Waals surface area contributed by atoms with Gasteiger partial charge in [0, 0.05) is 22.8 Å². The van der Waals surface area contributed by atoms with Gasteiger partial charge in [-0.15, -0.1) is 0 Å². The Labute approximate surface area is 156 Å². The van der Waals surface area contributed by atoms with Crippen LogP contribution in [0.1, 0.15) is 71.6 Å². The summed E-state index contributed by atoms with van der Waals surface area (Å²) in [6, 6.07) is 0.235. The first kappa shape index (κ1) is 17.3. The van der Waals surface area contributed by atoms with Gasteiger partial charge < -0.3 is 9.47 Å². The lowest BCUT2D eigenvalue weighted by Crippen LogP contribution is -2.57. The lowest BCUT2D eigenvalue weighted by Gasteiger charge is -2.61. The summed E-state index contributed by atoms with van der Waals surface area (Å²) in [5, 5.41) is 4.07. The second-order valence-electron chi connectivity index (χ2n) is 10.2. The first-order valence-electron chi connectivity index (χ1n) is 10.8. The maximum Gasteiger partial charge on any atom is 0.174 e. The molecular formula is C21H33N3O2. The topological polar surface area (TPSA) is 67.2 Å². The van der Waals surface area contributed by atoms with Crippen molar-refractivity contribution in [2.75, 3.05) is 13.2 Å². The zero-order chi connectivity index (χ0) is 18.0. The van der Waals surface area contributed by atoms with Crippen LogP contribution in [0.15, 0.2) is 5.11 Å². The largest absolute Gasteiger partial charge is 0.347 e. The molecule has 1 saturated heterocycles. The van der Waals surface area contributed by atoms with Crippen LogP contribution in [0.25, 0.3) is 10.4 Å². The van der Waals surface area contributed by atoms with Gasteiger partial charge in [0.15, 0.2) is 5.79 Å². The lowest BCUT2D eigenvalue weighted by molar-refractivity contribution is -0.247. The highest BCUT2D eigenvalue weighted by molar-refractivity contribution is 5.13. The monoisotopic (exact) mass is 359 g/mol. The predicted molar refractivity (Wildman–Crippen MR) is 99.3 cm³/mol. The van der Waals surface area contributed by atoms with Gasteiger partial charge >= 0.3 is 0 Å². The molecule has 0 aromatic rings. The van der Waals surface area contributed by atoms with E-state index >= 15 is 0 Å². The molecule has 5 fully saturated rings. The van der Waals surface area contributed by atoms with Gasteiger partial charge in [0.1, 0.15) is 0 Å². The molecule has 0 N–H and O–H groups in total. The van der Waals surface area contributed by atoms with Crippen LogP contribution < -0.4 is 0 Å². The van der Waals surface area contributed by atoms with E-state index in [1.807, 2.05) is 0 Å². The van der Waals surface area contributed by atoms with Gasteiger partial charge in [-0.25, -0.2) is 0 Å². The first-order valence-corrected chi connectivity index (χ1v) is 10.8. The standard InChI is InChI=1S/C21H33N3O2/c1-19-8-5-15(23-24-22)13-14(19)3-4-16-17(19)6-9-20(2)18(16)7-10-21(20)25-11-12-26-21/h14-18H,3-13H2,1-2H3/t14?,15?,16-,17+,18+,19+,20+/m1/s1. The Hall–Kier alpha value is -0.770. The molecule has 4 saturated carbocycles. The van der Waals surface area contributed by atoms with E-state index in [-0.39, 0.29) is 17.2 Å². The van der Waals surface area contributed by atoms with Crippen molar-refractivity contribution in [1.82, 2.24) is 0 Å². The van der Waals surface area contributed by atoms with Crippen LogP contribution in [0.3, 0.4) is 0 Å². The van der Waals surface area contributed by atoms with Crippen molar-refractivity contribution in [3.63, 3.8) is 0 Å². The van der Waals surface area contributed by atoms with Gasteiger partial charge in [-0.05, 0) is 86.0 Å². The van der Waals surface area contributed by atoms with Crippen molar-refractivity contribution >= 4 is 0 Å². The maximum atomic E-state index is 8.83. The van der Waals surface area contributed by atoms with E-state index in [1.165, 1.54) is 38.5 Å². The van der Waals surface area contributed by atoms with Crippen LogP contribution in [0.2, 0.25) is 0 Å². The van der Waals surface area contributed by atoms with Crippen LogP contribution in [0.5, 0.6) is 0 Å². The van der Waals surface area contributed by atoms with Crippen molar-refractivity contribution in [2.24, 2.45) is 39.6 Å². The minimum atomic E-state index is -0.278. The highest BCUT2D eigenvalue weighted by Crippen LogP contribution is 2.69. The number of hydrogen-bond donors (Lipinski definition) is 0. The van der Waals surface area contributed by atoms with Gasteiger partial charge in [-0.1, -0.05) is 19.0 Å². The fourth-order valence-corrected chi connectivity index (χ4v) is 8.30. The van der Waals surface area contributed by atoms with Crippen molar-refractivity contribution in [3.8, 4) is 0 Å². The molecule has 4 aliphatic carbocycles. The van der Waals surface area contributed by atoms with E-state index in [1.54, 1.807) is 0 Å². The van der Waals surface area contributed by atoms with E-state index in [2.05, 4.69) is 23.9 Å². The molecule has 5 aliphatic rings. The maximum absolute atomic E-state index is 8.83. The van der Waals surface area contributed by atoms with Gasteiger partial charge in [0.25, 0.3) is 0 Å². The molecule has 7 atom stereocenters. The Morgan fingerprint density at radius 2 is 1.69 bits per heavy atom. The number of nitrogens with zero attached hydrogens (tertiary/aromatic N) is 3. The number of fused-ring (bicyclic) bond motifs is 6. The molecule has 0 bridgehead atoms. The number of ether oxygens (including phenoxy) is 2. The number of hydrogen-bond acceptors (Lipinski definition) is 3. The molecule has 0 amide bonds. The van der Waals surface area contributed by atoms with Crippen LogP contribution in [-0.2, 0) is 9.47 Å². The third kappa shape index (κ3) is 2.14. The third-order valence-electron chi connectivity index (χ3n) is 9.65. The van der Waals surface area contributed by atoms with Crippen molar-refractivity contribution in [2.45, 2.75) is 83.5 Å². The smallest absolute Gasteiger partial charge is 0.174 e. The summed E-state index contributed by atoms with van der Waals surface area (Å²) in [5.74, 6) is 2.89. The highest BCUT2D eigenvalue weighted by Gasteiger charge is 2.67. The third-order valence-corrected chi connectivity index (χ3v) is 9.65. The number of azide groups is 1. The molecule has 2 unspecified atom stereocenters. The summed E-state index contributed by atoms with van der Waals surface area (Å²) in [6.45, 7) is 6.59. The SMILES string of the molecule is C[C@]12CCC(N=[N+]=[N-])CC1CC[C@@H]1[C@@H]2CC[C@@]2(C)[C@H]1CCC21OCCO1. The number of rotatable bonds is 1. The van der Waals surface area contributed by atoms with Gasteiger partial charge in [-0.3, -0.25) is 0 Å². The Bertz CT molecular complexity index is 627.